The summed E-state index contributed by atoms with van der Waals surface area (Å²) in [7, 11) is 0. The average Bonchev–Trinajstić information content (AvgIpc) is 3.88. The van der Waals surface area contributed by atoms with E-state index in [1.165, 1.54) is 0 Å². The highest BCUT2D eigenvalue weighted by atomic mass is 16.3. The van der Waals surface area contributed by atoms with Crippen molar-refractivity contribution < 1.29 is 13.3 Å². The minimum absolute atomic E-state index is 0.533. The maximum Gasteiger partial charge on any atom is 0.167 e. The smallest absolute Gasteiger partial charge is 0.167 e. The lowest BCUT2D eigenvalue weighted by molar-refractivity contribution is 0.668. The van der Waals surface area contributed by atoms with Gasteiger partial charge in [0.05, 0.1) is 5.56 Å². The van der Waals surface area contributed by atoms with Crippen LogP contribution < -0.4 is 0 Å². The zero-order valence-corrected chi connectivity index (χ0v) is 27.0. The topological polar surface area (TPSA) is 78.1 Å². The Morgan fingerprint density at radius 1 is 0.294 bits per heavy atom. The van der Waals surface area contributed by atoms with Crippen LogP contribution in [-0.2, 0) is 0 Å². The molecule has 0 spiro atoms. The third-order valence-electron chi connectivity index (χ3n) is 9.75. The van der Waals surface area contributed by atoms with E-state index in [0.717, 1.165) is 93.6 Å². The fourth-order valence-electron chi connectivity index (χ4n) is 7.27. The van der Waals surface area contributed by atoms with Crippen LogP contribution in [0.5, 0.6) is 0 Å². The Kier molecular flexibility index (Phi) is 5.86. The molecule has 0 bridgehead atoms. The summed E-state index contributed by atoms with van der Waals surface area (Å²) in [4.78, 5) is 15.0. The van der Waals surface area contributed by atoms with Crippen LogP contribution in [0.15, 0.2) is 165 Å². The molecule has 0 unspecified atom stereocenters. The van der Waals surface area contributed by atoms with Crippen LogP contribution in [-0.4, -0.2) is 15.0 Å². The van der Waals surface area contributed by atoms with Gasteiger partial charge in [0.2, 0.25) is 0 Å². The number of hydrogen-bond donors (Lipinski definition) is 0. The first kappa shape index (κ1) is 27.9. The van der Waals surface area contributed by atoms with Gasteiger partial charge in [-0.2, -0.15) is 0 Å². The van der Waals surface area contributed by atoms with E-state index in [4.69, 9.17) is 28.2 Å². The molecule has 51 heavy (non-hydrogen) atoms. The normalized spacial score (nSPS) is 11.9. The van der Waals surface area contributed by atoms with E-state index in [1.807, 2.05) is 97.1 Å². The molecular formula is C45H25N3O3. The molecular weight excluding hydrogens is 631 g/mol. The summed E-state index contributed by atoms with van der Waals surface area (Å²) in [5, 5.41) is 6.35. The minimum atomic E-state index is 0.533. The number of fused-ring (bicyclic) bond motifs is 9. The van der Waals surface area contributed by atoms with Crippen LogP contribution in [0, 0.1) is 0 Å². The predicted molar refractivity (Wildman–Crippen MR) is 203 cm³/mol. The molecule has 0 saturated carbocycles. The zero-order chi connectivity index (χ0) is 33.5. The summed E-state index contributed by atoms with van der Waals surface area (Å²) in [5.74, 6) is 1.67. The van der Waals surface area contributed by atoms with E-state index < -0.39 is 0 Å². The van der Waals surface area contributed by atoms with Gasteiger partial charge in [-0.25, -0.2) is 15.0 Å². The molecule has 0 amide bonds. The van der Waals surface area contributed by atoms with E-state index in [1.54, 1.807) is 0 Å². The summed E-state index contributed by atoms with van der Waals surface area (Å²) in [5.41, 5.74) is 9.59. The van der Waals surface area contributed by atoms with Gasteiger partial charge in [-0.15, -0.1) is 0 Å². The molecule has 0 fully saturated rings. The van der Waals surface area contributed by atoms with Gasteiger partial charge in [-0.3, -0.25) is 0 Å². The fraction of sp³-hybridized carbons (Fsp3) is 0. The summed E-state index contributed by atoms with van der Waals surface area (Å²) in [6.45, 7) is 0. The van der Waals surface area contributed by atoms with E-state index >= 15 is 0 Å². The van der Waals surface area contributed by atoms with Gasteiger partial charge < -0.3 is 13.3 Å². The van der Waals surface area contributed by atoms with Gasteiger partial charge in [0.25, 0.3) is 0 Å². The number of hydrogen-bond acceptors (Lipinski definition) is 6. The average molecular weight is 656 g/mol. The summed E-state index contributed by atoms with van der Waals surface area (Å²) >= 11 is 0. The molecule has 4 heterocycles. The minimum Gasteiger partial charge on any atom is -0.456 e. The second kappa shape index (κ2) is 10.7. The molecule has 0 aliphatic carbocycles. The molecule has 11 aromatic rings. The van der Waals surface area contributed by atoms with Crippen molar-refractivity contribution >= 4 is 65.8 Å². The maximum absolute atomic E-state index is 6.69. The number of aromatic nitrogens is 3. The van der Waals surface area contributed by atoms with E-state index in [0.29, 0.717) is 17.5 Å². The van der Waals surface area contributed by atoms with Crippen LogP contribution in [0.3, 0.4) is 0 Å². The lowest BCUT2D eigenvalue weighted by Crippen LogP contribution is -2.00. The van der Waals surface area contributed by atoms with Crippen molar-refractivity contribution in [2.24, 2.45) is 0 Å². The van der Waals surface area contributed by atoms with Gasteiger partial charge in [0.15, 0.2) is 17.5 Å². The van der Waals surface area contributed by atoms with E-state index in [9.17, 15) is 0 Å². The summed E-state index contributed by atoms with van der Waals surface area (Å²) < 4.78 is 19.0. The van der Waals surface area contributed by atoms with Gasteiger partial charge >= 0.3 is 0 Å². The lowest BCUT2D eigenvalue weighted by Gasteiger charge is -2.08. The molecule has 7 aromatic carbocycles. The largest absolute Gasteiger partial charge is 0.456 e. The molecule has 0 aliphatic rings. The Bertz CT molecular complexity index is 3150. The van der Waals surface area contributed by atoms with Crippen LogP contribution in [0.4, 0.5) is 0 Å². The monoisotopic (exact) mass is 655 g/mol. The first-order valence-electron chi connectivity index (χ1n) is 16.8. The third kappa shape index (κ3) is 4.40. The standard InChI is InChI=1S/C45H25N3O3/c1-2-9-26(10-3-1)43-46-44(29-18-21-32-30-11-4-6-15-37(30)50-40(32)25-29)48-45(47-43)35-14-8-13-34-33-20-17-28(24-41(33)51-42(34)35)27-19-22-39-36(23-27)31-12-5-7-16-38(31)49-39/h1-25H. The zero-order valence-electron chi connectivity index (χ0n) is 27.0. The van der Waals surface area contributed by atoms with Crippen LogP contribution in [0.1, 0.15) is 0 Å². The molecule has 4 aromatic heterocycles. The van der Waals surface area contributed by atoms with Crippen molar-refractivity contribution in [1.29, 1.82) is 0 Å². The van der Waals surface area contributed by atoms with Crippen molar-refractivity contribution in [2.75, 3.05) is 0 Å². The molecule has 0 aliphatic heterocycles. The maximum atomic E-state index is 6.69. The van der Waals surface area contributed by atoms with Crippen molar-refractivity contribution in [2.45, 2.75) is 0 Å². The van der Waals surface area contributed by atoms with E-state index in [-0.39, 0.29) is 0 Å². The lowest BCUT2D eigenvalue weighted by atomic mass is 10.0. The molecule has 6 nitrogen and oxygen atoms in total. The molecule has 238 valence electrons. The number of rotatable bonds is 4. The van der Waals surface area contributed by atoms with Crippen LogP contribution >= 0.6 is 0 Å². The number of nitrogens with zero attached hydrogens (tertiary/aromatic N) is 3. The molecule has 6 heteroatoms. The molecule has 0 saturated heterocycles. The number of para-hydroxylation sites is 3. The van der Waals surface area contributed by atoms with Crippen molar-refractivity contribution in [3.63, 3.8) is 0 Å². The van der Waals surface area contributed by atoms with Gasteiger partial charge in [0.1, 0.15) is 33.5 Å². The van der Waals surface area contributed by atoms with Crippen LogP contribution in [0.25, 0.3) is 111 Å². The SMILES string of the molecule is c1ccc(-c2nc(-c3ccc4c(c3)oc3ccccc34)nc(-c3cccc4c3oc3cc(-c5ccc6oc7ccccc7c6c5)ccc34)n2)cc1. The highest BCUT2D eigenvalue weighted by molar-refractivity contribution is 6.11. The van der Waals surface area contributed by atoms with E-state index in [2.05, 4.69) is 54.6 Å². The predicted octanol–water partition coefficient (Wildman–Crippen LogP) is 12.2. The second-order valence-electron chi connectivity index (χ2n) is 12.8. The quantitative estimate of drug-likeness (QED) is 0.188. The Labute approximate surface area is 290 Å². The Morgan fingerprint density at radius 2 is 0.824 bits per heavy atom. The fourth-order valence-corrected chi connectivity index (χ4v) is 7.27. The van der Waals surface area contributed by atoms with Gasteiger partial charge in [-0.1, -0.05) is 97.1 Å². The number of furan rings is 3. The van der Waals surface area contributed by atoms with Gasteiger partial charge in [0, 0.05) is 43.4 Å². The molecule has 0 atom stereocenters. The van der Waals surface area contributed by atoms with Crippen molar-refractivity contribution in [1.82, 2.24) is 15.0 Å². The summed E-state index contributed by atoms with van der Waals surface area (Å²) in [6.07, 6.45) is 0. The second-order valence-corrected chi connectivity index (χ2v) is 12.8. The highest BCUT2D eigenvalue weighted by Gasteiger charge is 2.19. The first-order valence-corrected chi connectivity index (χ1v) is 16.8. The van der Waals surface area contributed by atoms with Crippen molar-refractivity contribution in [3.05, 3.63) is 152 Å². The van der Waals surface area contributed by atoms with Crippen molar-refractivity contribution in [3.8, 4) is 45.3 Å². The molecule has 0 N–H and O–H groups in total. The Balaban J connectivity index is 1.07. The summed E-state index contributed by atoms with van der Waals surface area (Å²) in [6, 6.07) is 51.2. The van der Waals surface area contributed by atoms with Crippen LogP contribution in [0.2, 0.25) is 0 Å². The highest BCUT2D eigenvalue weighted by Crippen LogP contribution is 2.39. The Morgan fingerprint density at radius 3 is 1.65 bits per heavy atom. The molecule has 0 radical (unpaired) electrons. The first-order chi connectivity index (χ1) is 25.2. The molecule has 11 rings (SSSR count). The third-order valence-corrected chi connectivity index (χ3v) is 9.75. The van der Waals surface area contributed by atoms with Gasteiger partial charge in [-0.05, 0) is 65.7 Å². The number of benzene rings is 7. The Hall–Kier alpha value is -7.05.